The van der Waals surface area contributed by atoms with Gasteiger partial charge in [-0.3, -0.25) is 9.59 Å². The van der Waals surface area contributed by atoms with Crippen LogP contribution in [0.4, 0.5) is 0 Å². The van der Waals surface area contributed by atoms with Crippen LogP contribution in [0, 0.1) is 0 Å². The summed E-state index contributed by atoms with van der Waals surface area (Å²) in [7, 11) is 0. The third-order valence-corrected chi connectivity index (χ3v) is 4.48. The minimum absolute atomic E-state index is 0.242. The van der Waals surface area contributed by atoms with Crippen LogP contribution in [0.2, 0.25) is 0 Å². The molecule has 0 aromatic heterocycles. The minimum Gasteiger partial charge on any atom is -0.280 e. The van der Waals surface area contributed by atoms with Crippen LogP contribution in [0.3, 0.4) is 0 Å². The molecule has 0 aromatic carbocycles. The molecule has 14 heavy (non-hydrogen) atoms. The summed E-state index contributed by atoms with van der Waals surface area (Å²) in [6, 6.07) is 0. The summed E-state index contributed by atoms with van der Waals surface area (Å²) >= 11 is 30.6. The Morgan fingerprint density at radius 2 is 1.50 bits per heavy atom. The maximum Gasteiger partial charge on any atom is 0.273 e. The van der Waals surface area contributed by atoms with Crippen molar-refractivity contribution < 1.29 is 9.59 Å². The highest BCUT2D eigenvalue weighted by atomic mass is 79.9. The van der Waals surface area contributed by atoms with Gasteiger partial charge in [0, 0.05) is 5.33 Å². The van der Waals surface area contributed by atoms with Gasteiger partial charge in [-0.25, -0.2) is 0 Å². The highest BCUT2D eigenvalue weighted by Gasteiger charge is 2.27. The number of carbonyl (C=O) groups excluding carboxylic acids is 2. The molecule has 0 radical (unpaired) electrons. The molecule has 0 rings (SSSR count). The summed E-state index contributed by atoms with van der Waals surface area (Å²) in [6.07, 6.45) is 0. The van der Waals surface area contributed by atoms with Crippen molar-refractivity contribution in [3.8, 4) is 0 Å². The molecule has 0 saturated carbocycles. The fourth-order valence-electron chi connectivity index (χ4n) is 0.0607. The quantitative estimate of drug-likeness (QED) is 0.488. The van der Waals surface area contributed by atoms with Crippen LogP contribution >= 0.6 is 89.9 Å². The maximum atomic E-state index is 10.1. The zero-order valence-electron chi connectivity index (χ0n) is 6.25. The topological polar surface area (TPSA) is 34.1 Å². The third-order valence-electron chi connectivity index (χ3n) is 0.605. The van der Waals surface area contributed by atoms with Crippen molar-refractivity contribution in [2.75, 3.05) is 5.33 Å². The number of hydrogen-bond acceptors (Lipinski definition) is 2. The Hall–Kier alpha value is 1.75. The van der Waals surface area contributed by atoms with Crippen LogP contribution in [-0.2, 0) is 9.59 Å². The summed E-state index contributed by atoms with van der Waals surface area (Å²) < 4.78 is -1.96. The molecule has 0 heterocycles. The molecule has 0 bridgehead atoms. The van der Waals surface area contributed by atoms with Crippen LogP contribution in [0.5, 0.6) is 0 Å². The zero-order chi connectivity index (χ0) is 11.9. The van der Waals surface area contributed by atoms with E-state index in [1.54, 1.807) is 0 Å². The van der Waals surface area contributed by atoms with Crippen molar-refractivity contribution in [3.63, 3.8) is 0 Å². The van der Waals surface area contributed by atoms with Gasteiger partial charge in [-0.05, 0) is 23.2 Å². The first-order chi connectivity index (χ1) is 6.12. The molecule has 84 valence electrons. The lowest BCUT2D eigenvalue weighted by Gasteiger charge is -1.99. The van der Waals surface area contributed by atoms with Gasteiger partial charge in [-0.1, -0.05) is 66.7 Å². The van der Waals surface area contributed by atoms with E-state index in [9.17, 15) is 9.59 Å². The molecule has 0 saturated heterocycles. The number of halogens is 7. The normalized spacial score (nSPS) is 12.5. The predicted octanol–water partition coefficient (Wildman–Crippen LogP) is 4.03. The van der Waals surface area contributed by atoms with Crippen LogP contribution in [0.15, 0.2) is 0 Å². The lowest BCUT2D eigenvalue weighted by Crippen LogP contribution is -2.10. The van der Waals surface area contributed by atoms with E-state index in [1.807, 2.05) is 0 Å². The first-order valence-corrected chi connectivity index (χ1v) is 6.71. The highest BCUT2D eigenvalue weighted by Crippen LogP contribution is 2.28. The smallest absolute Gasteiger partial charge is 0.273 e. The molecule has 2 nitrogen and oxygen atoms in total. The lowest BCUT2D eigenvalue weighted by molar-refractivity contribution is -0.111. The molecule has 0 aliphatic heterocycles. The van der Waals surface area contributed by atoms with Gasteiger partial charge in [0.15, 0.2) is 0 Å². The van der Waals surface area contributed by atoms with Gasteiger partial charge >= 0.3 is 0 Å². The van der Waals surface area contributed by atoms with Gasteiger partial charge in [-0.15, -0.1) is 0 Å². The van der Waals surface area contributed by atoms with Gasteiger partial charge in [0.1, 0.15) is 0 Å². The fraction of sp³-hybridized carbons (Fsp3) is 0.600. The van der Waals surface area contributed by atoms with E-state index in [4.69, 9.17) is 58.0 Å². The monoisotopic (exact) mass is 428 g/mol. The van der Waals surface area contributed by atoms with Crippen molar-refractivity contribution in [2.45, 2.75) is 8.62 Å². The van der Waals surface area contributed by atoms with Crippen molar-refractivity contribution in [1.82, 2.24) is 0 Å². The van der Waals surface area contributed by atoms with Crippen molar-refractivity contribution >= 4 is 100 Å². The summed E-state index contributed by atoms with van der Waals surface area (Å²) in [4.78, 5) is 19.7. The Balaban J connectivity index is 0. The SMILES string of the molecule is O=C(Cl)C(Br)CBr.O=C(Cl)C(Cl)(Cl)Cl. The number of alkyl halides is 5. The third kappa shape index (κ3) is 11.8. The standard InChI is InChI=1S/C3H3Br2ClO.C2Cl4O/c4-1-2(5)3(6)7;3-1(7)2(4,5)6/h2H,1H2;. The van der Waals surface area contributed by atoms with Crippen LogP contribution in [0.1, 0.15) is 0 Å². The van der Waals surface area contributed by atoms with E-state index in [0.29, 0.717) is 5.33 Å². The van der Waals surface area contributed by atoms with Gasteiger partial charge in [0.2, 0.25) is 5.24 Å². The average Bonchev–Trinajstić information content (AvgIpc) is 2.02. The maximum absolute atomic E-state index is 10.1. The molecule has 0 N–H and O–H groups in total. The van der Waals surface area contributed by atoms with E-state index in [0.717, 1.165) is 0 Å². The van der Waals surface area contributed by atoms with Gasteiger partial charge in [0.05, 0.1) is 4.83 Å². The van der Waals surface area contributed by atoms with Crippen LogP contribution in [-0.4, -0.2) is 24.4 Å². The largest absolute Gasteiger partial charge is 0.280 e. The van der Waals surface area contributed by atoms with Crippen molar-refractivity contribution in [2.24, 2.45) is 0 Å². The Morgan fingerprint density at radius 3 is 1.50 bits per heavy atom. The molecular weight excluding hydrogens is 429 g/mol. The zero-order valence-corrected chi connectivity index (χ0v) is 13.2. The Labute approximate surface area is 123 Å². The van der Waals surface area contributed by atoms with Crippen LogP contribution in [0.25, 0.3) is 0 Å². The van der Waals surface area contributed by atoms with Gasteiger partial charge in [0.25, 0.3) is 9.03 Å². The fourth-order valence-corrected chi connectivity index (χ4v) is 0.618. The van der Waals surface area contributed by atoms with Gasteiger partial charge in [-0.2, -0.15) is 0 Å². The van der Waals surface area contributed by atoms with E-state index in [1.165, 1.54) is 0 Å². The van der Waals surface area contributed by atoms with E-state index >= 15 is 0 Å². The van der Waals surface area contributed by atoms with Crippen molar-refractivity contribution in [3.05, 3.63) is 0 Å². The molecule has 1 atom stereocenters. The number of hydrogen-bond donors (Lipinski definition) is 0. The molecule has 0 amide bonds. The second-order valence-corrected chi connectivity index (χ2v) is 6.45. The molecular formula is C5H3Br2Cl5O2. The molecule has 0 spiro atoms. The molecule has 0 aliphatic rings. The Bertz CT molecular complexity index is 205. The predicted molar refractivity (Wildman–Crippen MR) is 68.5 cm³/mol. The summed E-state index contributed by atoms with van der Waals surface area (Å²) in [5, 5.41) is -0.788. The average molecular weight is 432 g/mol. The first-order valence-electron chi connectivity index (χ1n) is 2.79. The van der Waals surface area contributed by atoms with Gasteiger partial charge < -0.3 is 0 Å². The second-order valence-electron chi connectivity index (χ2n) is 1.70. The minimum atomic E-state index is -1.96. The number of rotatable bonds is 2. The van der Waals surface area contributed by atoms with Crippen LogP contribution < -0.4 is 0 Å². The Kier molecular flexibility index (Phi) is 11.5. The van der Waals surface area contributed by atoms with E-state index < -0.39 is 9.03 Å². The summed E-state index contributed by atoms with van der Waals surface area (Å²) in [5.41, 5.74) is 0. The highest BCUT2D eigenvalue weighted by molar-refractivity contribution is 9.12. The molecule has 9 heteroatoms. The Morgan fingerprint density at radius 1 is 1.21 bits per heavy atom. The molecule has 0 aliphatic carbocycles. The van der Waals surface area contributed by atoms with E-state index in [2.05, 4.69) is 31.9 Å². The summed E-state index contributed by atoms with van der Waals surface area (Å²) in [6.45, 7) is 0. The molecule has 1 unspecified atom stereocenters. The second kappa shape index (κ2) is 8.85. The van der Waals surface area contributed by atoms with Crippen molar-refractivity contribution in [1.29, 1.82) is 0 Å². The van der Waals surface area contributed by atoms with E-state index in [-0.39, 0.29) is 10.1 Å². The number of carbonyl (C=O) groups is 2. The lowest BCUT2D eigenvalue weighted by atomic mass is 10.6. The molecule has 0 aromatic rings. The first kappa shape index (κ1) is 18.1. The molecule has 0 fully saturated rings. The summed E-state index contributed by atoms with van der Waals surface area (Å²) in [5.74, 6) is 0.